The van der Waals surface area contributed by atoms with Crippen molar-refractivity contribution in [3.05, 3.63) is 41.7 Å². The summed E-state index contributed by atoms with van der Waals surface area (Å²) in [4.78, 5) is 18.0. The van der Waals surface area contributed by atoms with Crippen LogP contribution < -0.4 is 14.8 Å². The lowest BCUT2D eigenvalue weighted by Gasteiger charge is -2.14. The van der Waals surface area contributed by atoms with Gasteiger partial charge in [0.25, 0.3) is 5.91 Å². The van der Waals surface area contributed by atoms with Crippen molar-refractivity contribution in [2.75, 3.05) is 18.5 Å². The number of pyridine rings is 1. The molecular formula is C23H30N4O3. The molecule has 7 nitrogen and oxygen atoms in total. The average Bonchev–Trinajstić information content (AvgIpc) is 3.13. The molecule has 0 saturated carbocycles. The second-order valence-electron chi connectivity index (χ2n) is 7.65. The molecule has 0 aliphatic rings. The van der Waals surface area contributed by atoms with E-state index in [-0.39, 0.29) is 17.9 Å². The highest BCUT2D eigenvalue weighted by Crippen LogP contribution is 2.31. The highest BCUT2D eigenvalue weighted by molar-refractivity contribution is 6.12. The first-order valence-corrected chi connectivity index (χ1v) is 10.4. The van der Waals surface area contributed by atoms with Gasteiger partial charge in [0.15, 0.2) is 17.1 Å². The molecule has 0 unspecified atom stereocenters. The number of benzene rings is 1. The molecule has 1 aromatic carbocycles. The summed E-state index contributed by atoms with van der Waals surface area (Å²) in [5.74, 6) is 1.24. The number of hydrogen-bond donors (Lipinski definition) is 1. The van der Waals surface area contributed by atoms with Crippen molar-refractivity contribution in [2.45, 2.75) is 53.5 Å². The van der Waals surface area contributed by atoms with E-state index in [0.717, 1.165) is 16.7 Å². The summed E-state index contributed by atoms with van der Waals surface area (Å²) in [7, 11) is 0. The van der Waals surface area contributed by atoms with Crippen LogP contribution in [-0.2, 0) is 0 Å². The number of aromatic nitrogens is 3. The molecule has 3 rings (SSSR count). The molecule has 2 heterocycles. The van der Waals surface area contributed by atoms with Crippen molar-refractivity contribution in [1.82, 2.24) is 14.8 Å². The molecule has 0 bridgehead atoms. The van der Waals surface area contributed by atoms with Crippen LogP contribution >= 0.6 is 0 Å². The minimum absolute atomic E-state index is 0.146. The van der Waals surface area contributed by atoms with Crippen LogP contribution in [-0.4, -0.2) is 33.9 Å². The van der Waals surface area contributed by atoms with Crippen LogP contribution in [0.3, 0.4) is 0 Å². The molecule has 1 amide bonds. The van der Waals surface area contributed by atoms with Gasteiger partial charge in [0.1, 0.15) is 0 Å². The molecule has 2 aromatic heterocycles. The molecule has 3 aromatic rings. The zero-order chi connectivity index (χ0) is 21.8. The Kier molecular flexibility index (Phi) is 6.59. The summed E-state index contributed by atoms with van der Waals surface area (Å²) in [6.45, 7) is 13.1. The van der Waals surface area contributed by atoms with E-state index in [0.29, 0.717) is 36.0 Å². The quantitative estimate of drug-likeness (QED) is 0.553. The average molecular weight is 411 g/mol. The fraction of sp³-hybridized carbons (Fsp3) is 0.435. The maximum atomic E-state index is 13.2. The van der Waals surface area contributed by atoms with Crippen LogP contribution in [0.25, 0.3) is 11.0 Å². The first-order chi connectivity index (χ1) is 14.3. The van der Waals surface area contributed by atoms with Crippen molar-refractivity contribution in [2.24, 2.45) is 0 Å². The van der Waals surface area contributed by atoms with E-state index in [1.54, 1.807) is 12.3 Å². The zero-order valence-electron chi connectivity index (χ0n) is 18.5. The third-order valence-corrected chi connectivity index (χ3v) is 4.71. The van der Waals surface area contributed by atoms with E-state index < -0.39 is 0 Å². The predicted molar refractivity (Wildman–Crippen MR) is 119 cm³/mol. The maximum absolute atomic E-state index is 13.2. The molecule has 1 N–H and O–H groups in total. The Morgan fingerprint density at radius 3 is 2.40 bits per heavy atom. The van der Waals surface area contributed by atoms with Crippen LogP contribution in [0.4, 0.5) is 5.69 Å². The third kappa shape index (κ3) is 4.40. The minimum atomic E-state index is -0.209. The Morgan fingerprint density at radius 2 is 1.77 bits per heavy atom. The van der Waals surface area contributed by atoms with Gasteiger partial charge in [-0.1, -0.05) is 13.8 Å². The second-order valence-corrected chi connectivity index (χ2v) is 7.65. The summed E-state index contributed by atoms with van der Waals surface area (Å²) >= 11 is 0. The number of rotatable bonds is 8. The number of ether oxygens (including phenoxy) is 2. The smallest absolute Gasteiger partial charge is 0.256 e. The van der Waals surface area contributed by atoms with Gasteiger partial charge in [-0.05, 0) is 51.8 Å². The van der Waals surface area contributed by atoms with E-state index in [1.807, 2.05) is 50.6 Å². The van der Waals surface area contributed by atoms with Crippen molar-refractivity contribution >= 4 is 22.6 Å². The van der Waals surface area contributed by atoms with Gasteiger partial charge in [-0.15, -0.1) is 0 Å². The molecule has 0 radical (unpaired) electrons. The largest absolute Gasteiger partial charge is 0.490 e. The molecule has 7 heteroatoms. The third-order valence-electron chi connectivity index (χ3n) is 4.71. The molecule has 0 saturated heterocycles. The van der Waals surface area contributed by atoms with E-state index in [2.05, 4.69) is 24.3 Å². The van der Waals surface area contributed by atoms with Crippen LogP contribution in [0.15, 0.2) is 30.5 Å². The minimum Gasteiger partial charge on any atom is -0.490 e. The number of nitrogens with zero attached hydrogens (tertiary/aromatic N) is 3. The molecule has 0 atom stereocenters. The van der Waals surface area contributed by atoms with Gasteiger partial charge < -0.3 is 14.8 Å². The van der Waals surface area contributed by atoms with Gasteiger partial charge >= 0.3 is 0 Å². The monoisotopic (exact) mass is 410 g/mol. The summed E-state index contributed by atoms with van der Waals surface area (Å²) in [5, 5.41) is 8.17. The SMILES string of the molecule is CCOc1ccc(NC(=O)c2cc(C(C)C)nc3c2cnn3C(C)C)cc1OCC. The van der Waals surface area contributed by atoms with Gasteiger partial charge in [0, 0.05) is 23.5 Å². The highest BCUT2D eigenvalue weighted by Gasteiger charge is 2.19. The standard InChI is InChI=1S/C23H30N4O3/c1-7-29-20-10-9-16(11-21(20)30-8-2)25-23(28)17-12-19(14(3)4)26-22-18(17)13-24-27(22)15(5)6/h9-15H,7-8H2,1-6H3,(H,25,28). The fourth-order valence-electron chi connectivity index (χ4n) is 3.23. The van der Waals surface area contributed by atoms with Gasteiger partial charge in [-0.25, -0.2) is 9.67 Å². The van der Waals surface area contributed by atoms with Gasteiger partial charge in [0.05, 0.1) is 30.4 Å². The van der Waals surface area contributed by atoms with Crippen molar-refractivity contribution in [1.29, 1.82) is 0 Å². The molecule has 160 valence electrons. The molecular weight excluding hydrogens is 380 g/mol. The van der Waals surface area contributed by atoms with Crippen LogP contribution in [0.5, 0.6) is 11.5 Å². The van der Waals surface area contributed by atoms with Crippen LogP contribution in [0.1, 0.15) is 69.6 Å². The summed E-state index contributed by atoms with van der Waals surface area (Å²) in [6.07, 6.45) is 1.71. The number of carbonyl (C=O) groups is 1. The second kappa shape index (κ2) is 9.15. The first-order valence-electron chi connectivity index (χ1n) is 10.4. The molecule has 30 heavy (non-hydrogen) atoms. The normalized spacial score (nSPS) is 11.3. The van der Waals surface area contributed by atoms with E-state index in [4.69, 9.17) is 14.5 Å². The summed E-state index contributed by atoms with van der Waals surface area (Å²) in [6, 6.07) is 7.40. The molecule has 0 fully saturated rings. The Balaban J connectivity index is 2.00. The molecule has 0 spiro atoms. The number of nitrogens with one attached hydrogen (secondary N) is 1. The fourth-order valence-corrected chi connectivity index (χ4v) is 3.23. The first kappa shape index (κ1) is 21.6. The topological polar surface area (TPSA) is 78.3 Å². The summed E-state index contributed by atoms with van der Waals surface area (Å²) < 4.78 is 13.1. The Bertz CT molecular complexity index is 1040. The van der Waals surface area contributed by atoms with E-state index in [9.17, 15) is 4.79 Å². The number of carbonyl (C=O) groups excluding carboxylic acids is 1. The van der Waals surface area contributed by atoms with Gasteiger partial charge in [-0.3, -0.25) is 4.79 Å². The highest BCUT2D eigenvalue weighted by atomic mass is 16.5. The van der Waals surface area contributed by atoms with Gasteiger partial charge in [-0.2, -0.15) is 5.10 Å². The number of hydrogen-bond acceptors (Lipinski definition) is 5. The van der Waals surface area contributed by atoms with Crippen molar-refractivity contribution in [3.63, 3.8) is 0 Å². The van der Waals surface area contributed by atoms with Crippen LogP contribution in [0, 0.1) is 0 Å². The predicted octanol–water partition coefficient (Wildman–Crippen LogP) is 5.19. The van der Waals surface area contributed by atoms with Crippen molar-refractivity contribution < 1.29 is 14.3 Å². The molecule has 0 aliphatic carbocycles. The number of amides is 1. The van der Waals surface area contributed by atoms with Crippen LogP contribution in [0.2, 0.25) is 0 Å². The lowest BCUT2D eigenvalue weighted by atomic mass is 10.0. The maximum Gasteiger partial charge on any atom is 0.256 e. The Hall–Kier alpha value is -3.09. The lowest BCUT2D eigenvalue weighted by molar-refractivity contribution is 0.102. The summed E-state index contributed by atoms with van der Waals surface area (Å²) in [5.41, 5.74) is 2.78. The van der Waals surface area contributed by atoms with E-state index in [1.165, 1.54) is 0 Å². The Morgan fingerprint density at radius 1 is 1.07 bits per heavy atom. The van der Waals surface area contributed by atoms with Crippen molar-refractivity contribution in [3.8, 4) is 11.5 Å². The zero-order valence-corrected chi connectivity index (χ0v) is 18.5. The number of anilines is 1. The van der Waals surface area contributed by atoms with E-state index >= 15 is 0 Å². The number of fused-ring (bicyclic) bond motifs is 1. The Labute approximate surface area is 177 Å². The lowest BCUT2D eigenvalue weighted by Crippen LogP contribution is -2.14. The van der Waals surface area contributed by atoms with Gasteiger partial charge in [0.2, 0.25) is 0 Å². The molecule has 0 aliphatic heterocycles.